The summed E-state index contributed by atoms with van der Waals surface area (Å²) < 4.78 is 0. The minimum atomic E-state index is 0.300. The molecule has 1 aliphatic rings. The Morgan fingerprint density at radius 2 is 1.78 bits per heavy atom. The first kappa shape index (κ1) is 11.6. The third-order valence-corrected chi connectivity index (χ3v) is 4.11. The van der Waals surface area contributed by atoms with Crippen LogP contribution >= 0.6 is 11.6 Å². The molecule has 0 saturated carbocycles. The Labute approximate surface area is 113 Å². The summed E-state index contributed by atoms with van der Waals surface area (Å²) in [7, 11) is 0. The van der Waals surface area contributed by atoms with Gasteiger partial charge in [0.2, 0.25) is 0 Å². The molecule has 0 bridgehead atoms. The Bertz CT molecular complexity index is 573. The molecular weight excluding hydrogens is 242 g/mol. The van der Waals surface area contributed by atoms with Gasteiger partial charge in [0, 0.05) is 10.7 Å². The number of benzene rings is 2. The summed E-state index contributed by atoms with van der Waals surface area (Å²) in [6.07, 6.45) is 1.02. The zero-order valence-electron chi connectivity index (χ0n) is 10.6. The normalized spacial score (nSPS) is 17.4. The number of rotatable bonds is 1. The fourth-order valence-electron chi connectivity index (χ4n) is 2.71. The number of anilines is 1. The summed E-state index contributed by atoms with van der Waals surface area (Å²) in [6.45, 7) is 4.33. The van der Waals surface area contributed by atoms with Crippen LogP contribution in [0.3, 0.4) is 0 Å². The van der Waals surface area contributed by atoms with Gasteiger partial charge in [0.1, 0.15) is 0 Å². The number of hydrogen-bond donors (Lipinski definition) is 1. The highest BCUT2D eigenvalue weighted by Gasteiger charge is 2.25. The predicted octanol–water partition coefficient (Wildman–Crippen LogP) is 4.67. The number of aryl methyl sites for hydroxylation is 2. The molecule has 1 N–H and O–H groups in total. The van der Waals surface area contributed by atoms with Crippen molar-refractivity contribution < 1.29 is 0 Å². The Morgan fingerprint density at radius 1 is 1.06 bits per heavy atom. The van der Waals surface area contributed by atoms with Gasteiger partial charge in [-0.2, -0.15) is 0 Å². The second kappa shape index (κ2) is 4.33. The van der Waals surface area contributed by atoms with E-state index in [0.29, 0.717) is 6.04 Å². The van der Waals surface area contributed by atoms with E-state index >= 15 is 0 Å². The number of hydrogen-bond acceptors (Lipinski definition) is 1. The maximum atomic E-state index is 6.29. The van der Waals surface area contributed by atoms with Gasteiger partial charge in [-0.05, 0) is 48.6 Å². The van der Waals surface area contributed by atoms with E-state index in [1.165, 1.54) is 27.9 Å². The van der Waals surface area contributed by atoms with Gasteiger partial charge in [0.15, 0.2) is 0 Å². The molecule has 0 aliphatic carbocycles. The molecule has 2 aromatic rings. The molecule has 2 aromatic carbocycles. The first-order valence-electron chi connectivity index (χ1n) is 6.27. The van der Waals surface area contributed by atoms with Crippen LogP contribution in [0.1, 0.15) is 28.3 Å². The molecule has 3 rings (SSSR count). The van der Waals surface area contributed by atoms with E-state index < -0.39 is 0 Å². The highest BCUT2D eigenvalue weighted by molar-refractivity contribution is 6.31. The zero-order valence-corrected chi connectivity index (χ0v) is 11.4. The molecule has 2 heteroatoms. The lowest BCUT2D eigenvalue weighted by molar-refractivity contribution is 0.821. The van der Waals surface area contributed by atoms with Crippen molar-refractivity contribution in [2.75, 3.05) is 5.32 Å². The van der Waals surface area contributed by atoms with Crippen LogP contribution in [0.4, 0.5) is 5.69 Å². The largest absolute Gasteiger partial charge is 0.377 e. The fraction of sp³-hybridized carbons (Fsp3) is 0.250. The van der Waals surface area contributed by atoms with E-state index in [9.17, 15) is 0 Å². The van der Waals surface area contributed by atoms with Gasteiger partial charge in [-0.3, -0.25) is 0 Å². The maximum Gasteiger partial charge on any atom is 0.0569 e. The van der Waals surface area contributed by atoms with E-state index in [1.54, 1.807) is 0 Å². The lowest BCUT2D eigenvalue weighted by Gasteiger charge is -2.13. The molecule has 1 aliphatic heterocycles. The van der Waals surface area contributed by atoms with Crippen LogP contribution in [0.2, 0.25) is 5.02 Å². The van der Waals surface area contributed by atoms with Crippen LogP contribution in [0.5, 0.6) is 0 Å². The monoisotopic (exact) mass is 257 g/mol. The van der Waals surface area contributed by atoms with Crippen LogP contribution in [0.15, 0.2) is 36.4 Å². The van der Waals surface area contributed by atoms with E-state index in [-0.39, 0.29) is 0 Å². The van der Waals surface area contributed by atoms with Crippen molar-refractivity contribution in [1.29, 1.82) is 0 Å². The lowest BCUT2D eigenvalue weighted by Crippen LogP contribution is -2.06. The van der Waals surface area contributed by atoms with Crippen LogP contribution in [0, 0.1) is 13.8 Å². The van der Waals surface area contributed by atoms with E-state index in [2.05, 4.69) is 37.4 Å². The van der Waals surface area contributed by atoms with E-state index in [1.807, 2.05) is 18.2 Å². The number of nitrogens with one attached hydrogen (secondary N) is 1. The summed E-state index contributed by atoms with van der Waals surface area (Å²) in [4.78, 5) is 0. The van der Waals surface area contributed by atoms with Crippen molar-refractivity contribution in [2.45, 2.75) is 26.3 Å². The molecule has 1 heterocycles. The van der Waals surface area contributed by atoms with Crippen LogP contribution in [-0.2, 0) is 6.42 Å². The van der Waals surface area contributed by atoms with Gasteiger partial charge in [0.25, 0.3) is 0 Å². The van der Waals surface area contributed by atoms with Gasteiger partial charge in [0.05, 0.1) is 6.04 Å². The zero-order chi connectivity index (χ0) is 12.7. The third-order valence-electron chi connectivity index (χ3n) is 3.76. The summed E-state index contributed by atoms with van der Waals surface area (Å²) in [5.74, 6) is 0. The van der Waals surface area contributed by atoms with Crippen LogP contribution in [-0.4, -0.2) is 0 Å². The molecule has 0 aromatic heterocycles. The molecule has 0 radical (unpaired) electrons. The molecule has 1 atom stereocenters. The summed E-state index contributed by atoms with van der Waals surface area (Å²) >= 11 is 6.29. The Morgan fingerprint density at radius 3 is 2.50 bits per heavy atom. The Hall–Kier alpha value is -1.47. The maximum absolute atomic E-state index is 6.29. The van der Waals surface area contributed by atoms with Crippen molar-refractivity contribution in [3.63, 3.8) is 0 Å². The van der Waals surface area contributed by atoms with Crippen LogP contribution < -0.4 is 5.32 Å². The van der Waals surface area contributed by atoms with Crippen LogP contribution in [0.25, 0.3) is 0 Å². The quantitative estimate of drug-likeness (QED) is 0.783. The molecule has 1 nitrogen and oxygen atoms in total. The number of halogens is 1. The van der Waals surface area contributed by atoms with E-state index in [0.717, 1.165) is 11.4 Å². The molecular formula is C16H16ClN. The van der Waals surface area contributed by atoms with E-state index in [4.69, 9.17) is 11.6 Å². The van der Waals surface area contributed by atoms with Gasteiger partial charge in [-0.25, -0.2) is 0 Å². The Balaban J connectivity index is 2.01. The average molecular weight is 258 g/mol. The van der Waals surface area contributed by atoms with Gasteiger partial charge >= 0.3 is 0 Å². The smallest absolute Gasteiger partial charge is 0.0569 e. The second-order valence-corrected chi connectivity index (χ2v) is 5.38. The lowest BCUT2D eigenvalue weighted by atomic mass is 9.99. The first-order chi connectivity index (χ1) is 8.66. The number of fused-ring (bicyclic) bond motifs is 1. The molecule has 1 unspecified atom stereocenters. The molecule has 0 saturated heterocycles. The summed E-state index contributed by atoms with van der Waals surface area (Å²) in [5, 5.41) is 4.46. The van der Waals surface area contributed by atoms with Crippen molar-refractivity contribution in [3.8, 4) is 0 Å². The standard InChI is InChI=1S/C16H16ClN/c1-10-7-8-11(2)16-13(10)9-15(18-16)12-5-3-4-6-14(12)17/h3-8,15,18H,9H2,1-2H3. The van der Waals surface area contributed by atoms with Crippen molar-refractivity contribution in [1.82, 2.24) is 0 Å². The van der Waals surface area contributed by atoms with Gasteiger partial charge in [-0.15, -0.1) is 0 Å². The van der Waals surface area contributed by atoms with Crippen molar-refractivity contribution in [3.05, 3.63) is 63.7 Å². The topological polar surface area (TPSA) is 12.0 Å². The minimum absolute atomic E-state index is 0.300. The molecule has 0 fully saturated rings. The molecule has 92 valence electrons. The van der Waals surface area contributed by atoms with Gasteiger partial charge < -0.3 is 5.32 Å². The molecule has 18 heavy (non-hydrogen) atoms. The summed E-state index contributed by atoms with van der Waals surface area (Å²) in [6, 6.07) is 12.8. The Kier molecular flexibility index (Phi) is 2.79. The predicted molar refractivity (Wildman–Crippen MR) is 77.4 cm³/mol. The van der Waals surface area contributed by atoms with Crippen molar-refractivity contribution in [2.24, 2.45) is 0 Å². The first-order valence-corrected chi connectivity index (χ1v) is 6.64. The SMILES string of the molecule is Cc1ccc(C)c2c1CC(c1ccccc1Cl)N2. The second-order valence-electron chi connectivity index (χ2n) is 4.98. The minimum Gasteiger partial charge on any atom is -0.377 e. The highest BCUT2D eigenvalue weighted by Crippen LogP contribution is 2.39. The van der Waals surface area contributed by atoms with Gasteiger partial charge in [-0.1, -0.05) is 41.9 Å². The fourth-order valence-corrected chi connectivity index (χ4v) is 2.98. The molecule has 0 spiro atoms. The molecule has 0 amide bonds. The summed E-state index contributed by atoms with van der Waals surface area (Å²) in [5.41, 5.74) is 6.58. The third kappa shape index (κ3) is 1.79. The average Bonchev–Trinajstić information content (AvgIpc) is 2.80. The highest BCUT2D eigenvalue weighted by atomic mass is 35.5. The van der Waals surface area contributed by atoms with Crippen molar-refractivity contribution >= 4 is 17.3 Å².